The number of carbonyl (C=O) groups is 3. The van der Waals surface area contributed by atoms with Gasteiger partial charge in [-0.3, -0.25) is 19.4 Å². The summed E-state index contributed by atoms with van der Waals surface area (Å²) >= 11 is 0. The van der Waals surface area contributed by atoms with Crippen molar-refractivity contribution in [1.29, 1.82) is 5.26 Å². The van der Waals surface area contributed by atoms with Crippen molar-refractivity contribution in [2.75, 3.05) is 7.05 Å². The summed E-state index contributed by atoms with van der Waals surface area (Å²) in [5.41, 5.74) is 0.907. The highest BCUT2D eigenvalue weighted by Crippen LogP contribution is 2.16. The van der Waals surface area contributed by atoms with E-state index in [-0.39, 0.29) is 6.54 Å². The van der Waals surface area contributed by atoms with E-state index in [1.807, 2.05) is 6.07 Å². The summed E-state index contributed by atoms with van der Waals surface area (Å²) in [5.74, 6) is -1.72. The molecular formula is C12H9N3O3. The predicted molar refractivity (Wildman–Crippen MR) is 59.9 cm³/mol. The van der Waals surface area contributed by atoms with Gasteiger partial charge in [-0.1, -0.05) is 18.2 Å². The van der Waals surface area contributed by atoms with E-state index < -0.39 is 17.8 Å². The Morgan fingerprint density at radius 2 is 1.83 bits per heavy atom. The molecule has 1 aromatic rings. The molecule has 0 bridgehead atoms. The first kappa shape index (κ1) is 11.8. The van der Waals surface area contributed by atoms with Crippen molar-refractivity contribution < 1.29 is 14.4 Å². The van der Waals surface area contributed by atoms with Crippen LogP contribution in [0, 0.1) is 11.3 Å². The third kappa shape index (κ3) is 1.72. The lowest BCUT2D eigenvalue weighted by Gasteiger charge is -2.13. The second kappa shape index (κ2) is 4.30. The van der Waals surface area contributed by atoms with Crippen LogP contribution in [0.2, 0.25) is 0 Å². The second-order valence-corrected chi connectivity index (χ2v) is 3.81. The lowest BCUT2D eigenvalue weighted by molar-refractivity contribution is -0.143. The Labute approximate surface area is 103 Å². The molecule has 2 rings (SSSR count). The maximum atomic E-state index is 11.7. The molecule has 1 aromatic carbocycles. The van der Waals surface area contributed by atoms with E-state index in [4.69, 9.17) is 5.26 Å². The molecule has 0 aliphatic carbocycles. The fourth-order valence-electron chi connectivity index (χ4n) is 1.69. The predicted octanol–water partition coefficient (Wildman–Crippen LogP) is 0.479. The van der Waals surface area contributed by atoms with Gasteiger partial charge >= 0.3 is 17.8 Å². The summed E-state index contributed by atoms with van der Waals surface area (Å²) in [7, 11) is 1.25. The van der Waals surface area contributed by atoms with Crippen molar-refractivity contribution in [3.8, 4) is 6.07 Å². The molecule has 0 saturated carbocycles. The molecule has 1 heterocycles. The van der Waals surface area contributed by atoms with E-state index in [0.29, 0.717) is 11.1 Å². The topological polar surface area (TPSA) is 81.5 Å². The molecule has 1 saturated heterocycles. The van der Waals surface area contributed by atoms with Crippen LogP contribution in [0.15, 0.2) is 24.3 Å². The molecule has 0 N–H and O–H groups in total. The molecule has 0 aromatic heterocycles. The highest BCUT2D eigenvalue weighted by Gasteiger charge is 2.42. The van der Waals surface area contributed by atoms with Crippen molar-refractivity contribution in [1.82, 2.24) is 9.80 Å². The molecule has 0 radical (unpaired) electrons. The van der Waals surface area contributed by atoms with E-state index >= 15 is 0 Å². The van der Waals surface area contributed by atoms with Gasteiger partial charge in [0, 0.05) is 7.05 Å². The minimum atomic E-state index is -0.866. The molecule has 6 nitrogen and oxygen atoms in total. The summed E-state index contributed by atoms with van der Waals surface area (Å²) in [6.07, 6.45) is 0. The van der Waals surface area contributed by atoms with Crippen molar-refractivity contribution in [2.45, 2.75) is 6.54 Å². The first-order valence-electron chi connectivity index (χ1n) is 5.17. The van der Waals surface area contributed by atoms with E-state index in [2.05, 4.69) is 0 Å². The zero-order chi connectivity index (χ0) is 13.3. The Kier molecular flexibility index (Phi) is 2.81. The average molecular weight is 243 g/mol. The molecule has 0 atom stereocenters. The molecule has 90 valence electrons. The Hall–Kier alpha value is -2.68. The van der Waals surface area contributed by atoms with Crippen molar-refractivity contribution in [3.63, 3.8) is 0 Å². The highest BCUT2D eigenvalue weighted by molar-refractivity contribution is 6.44. The SMILES string of the molecule is CN1C(=O)C(=O)N(Cc2ccccc2C#N)C1=O. The fourth-order valence-corrected chi connectivity index (χ4v) is 1.69. The number of amides is 4. The normalized spacial score (nSPS) is 15.2. The summed E-state index contributed by atoms with van der Waals surface area (Å²) in [4.78, 5) is 36.1. The Morgan fingerprint density at radius 1 is 1.17 bits per heavy atom. The number of hydrogen-bond acceptors (Lipinski definition) is 4. The molecule has 0 spiro atoms. The number of nitriles is 1. The number of carbonyl (C=O) groups excluding carboxylic acids is 3. The van der Waals surface area contributed by atoms with Crippen LogP contribution in [0.1, 0.15) is 11.1 Å². The Morgan fingerprint density at radius 3 is 2.39 bits per heavy atom. The van der Waals surface area contributed by atoms with Crippen molar-refractivity contribution in [3.05, 3.63) is 35.4 Å². The highest BCUT2D eigenvalue weighted by atomic mass is 16.2. The molecule has 18 heavy (non-hydrogen) atoms. The summed E-state index contributed by atoms with van der Waals surface area (Å²) in [6, 6.07) is 7.92. The molecular weight excluding hydrogens is 234 g/mol. The summed E-state index contributed by atoms with van der Waals surface area (Å²) < 4.78 is 0. The first-order chi connectivity index (χ1) is 8.56. The second-order valence-electron chi connectivity index (χ2n) is 3.81. The number of urea groups is 1. The Bertz CT molecular complexity index is 588. The maximum Gasteiger partial charge on any atom is 0.334 e. The smallest absolute Gasteiger partial charge is 0.263 e. The molecule has 0 unspecified atom stereocenters. The minimum absolute atomic E-state index is 0.0719. The van der Waals surface area contributed by atoms with E-state index in [9.17, 15) is 14.4 Å². The third-order valence-electron chi connectivity index (χ3n) is 2.72. The minimum Gasteiger partial charge on any atom is -0.263 e. The van der Waals surface area contributed by atoms with Gasteiger partial charge in [0.25, 0.3) is 0 Å². The van der Waals surface area contributed by atoms with Gasteiger partial charge in [0.15, 0.2) is 0 Å². The zero-order valence-corrected chi connectivity index (χ0v) is 9.58. The zero-order valence-electron chi connectivity index (χ0n) is 9.58. The lowest BCUT2D eigenvalue weighted by atomic mass is 10.1. The van der Waals surface area contributed by atoms with Gasteiger partial charge in [0.1, 0.15) is 0 Å². The van der Waals surface area contributed by atoms with Crippen LogP contribution in [-0.4, -0.2) is 34.7 Å². The number of rotatable bonds is 2. The summed E-state index contributed by atoms with van der Waals surface area (Å²) in [5, 5.41) is 8.91. The third-order valence-corrected chi connectivity index (χ3v) is 2.72. The molecule has 1 fully saturated rings. The first-order valence-corrected chi connectivity index (χ1v) is 5.17. The van der Waals surface area contributed by atoms with Crippen LogP contribution in [0.5, 0.6) is 0 Å². The van der Waals surface area contributed by atoms with Gasteiger partial charge in [-0.15, -0.1) is 0 Å². The van der Waals surface area contributed by atoms with E-state index in [1.165, 1.54) is 7.05 Å². The van der Waals surface area contributed by atoms with Crippen LogP contribution in [0.4, 0.5) is 4.79 Å². The van der Waals surface area contributed by atoms with Gasteiger partial charge in [-0.2, -0.15) is 5.26 Å². The fraction of sp³-hybridized carbons (Fsp3) is 0.167. The number of hydrogen-bond donors (Lipinski definition) is 0. The largest absolute Gasteiger partial charge is 0.334 e. The van der Waals surface area contributed by atoms with E-state index in [0.717, 1.165) is 9.80 Å². The van der Waals surface area contributed by atoms with Crippen molar-refractivity contribution in [2.24, 2.45) is 0 Å². The van der Waals surface area contributed by atoms with Crippen LogP contribution in [0.3, 0.4) is 0 Å². The number of nitrogens with zero attached hydrogens (tertiary/aromatic N) is 3. The van der Waals surface area contributed by atoms with Gasteiger partial charge in [0.05, 0.1) is 18.2 Å². The monoisotopic (exact) mass is 243 g/mol. The van der Waals surface area contributed by atoms with Gasteiger partial charge in [-0.05, 0) is 11.6 Å². The molecule has 6 heteroatoms. The Balaban J connectivity index is 2.30. The van der Waals surface area contributed by atoms with Crippen LogP contribution in [0.25, 0.3) is 0 Å². The van der Waals surface area contributed by atoms with Crippen LogP contribution in [-0.2, 0) is 16.1 Å². The molecule has 1 aliphatic heterocycles. The summed E-state index contributed by atoms with van der Waals surface area (Å²) in [6.45, 7) is -0.0719. The number of imide groups is 2. The van der Waals surface area contributed by atoms with Gasteiger partial charge in [-0.25, -0.2) is 4.79 Å². The maximum absolute atomic E-state index is 11.7. The quantitative estimate of drug-likeness (QED) is 0.558. The standard InChI is InChI=1S/C12H9N3O3/c1-14-10(16)11(17)15(12(14)18)7-9-5-3-2-4-8(9)6-13/h2-5H,7H2,1H3. The van der Waals surface area contributed by atoms with Crippen molar-refractivity contribution >= 4 is 17.8 Å². The van der Waals surface area contributed by atoms with Gasteiger partial charge in [0.2, 0.25) is 0 Å². The number of likely N-dealkylation sites (N-methyl/N-ethyl adjacent to an activating group) is 1. The van der Waals surface area contributed by atoms with Gasteiger partial charge < -0.3 is 0 Å². The molecule has 1 aliphatic rings. The van der Waals surface area contributed by atoms with E-state index in [1.54, 1.807) is 24.3 Å². The lowest BCUT2D eigenvalue weighted by Crippen LogP contribution is -2.31. The van der Waals surface area contributed by atoms with Crippen LogP contribution >= 0.6 is 0 Å². The molecule has 4 amide bonds. The van der Waals surface area contributed by atoms with Crippen LogP contribution < -0.4 is 0 Å². The number of benzene rings is 1. The average Bonchev–Trinajstić information content (AvgIpc) is 2.57.